The Morgan fingerprint density at radius 3 is 0.931 bits per heavy atom. The predicted octanol–water partition coefficient (Wildman–Crippen LogP) is 4.50. The second-order valence-electron chi connectivity index (χ2n) is 4.92. The van der Waals surface area contributed by atoms with E-state index in [1.165, 1.54) is 0 Å². The lowest BCUT2D eigenvalue weighted by molar-refractivity contribution is -0.463. The van der Waals surface area contributed by atoms with E-state index in [-0.39, 0.29) is 0 Å². The molecule has 0 aliphatic carbocycles. The van der Waals surface area contributed by atoms with E-state index in [1.54, 1.807) is 0 Å². The standard InChI is InChI=1S/C8HF17O3S/c9-1(3(12,13)6(18,19)20,2(10,11)5(16,17)7(21,22)23)4(14,15)8(24,25)29(26,27)28/h(H,26,27,28)/p-1. The van der Waals surface area contributed by atoms with Crippen molar-refractivity contribution in [2.24, 2.45) is 0 Å². The molecule has 0 heterocycles. The summed E-state index contributed by atoms with van der Waals surface area (Å²) in [5.74, 6) is -35.7. The van der Waals surface area contributed by atoms with Gasteiger partial charge in [-0.3, -0.25) is 0 Å². The summed E-state index contributed by atoms with van der Waals surface area (Å²) in [7, 11) is -8.42. The molecule has 0 aliphatic heterocycles. The van der Waals surface area contributed by atoms with Crippen LogP contribution in [-0.2, 0) is 10.1 Å². The lowest BCUT2D eigenvalue weighted by Crippen LogP contribution is -2.80. The van der Waals surface area contributed by atoms with E-state index in [2.05, 4.69) is 0 Å². The number of hydrogen-bond acceptors (Lipinski definition) is 3. The van der Waals surface area contributed by atoms with E-state index in [0.29, 0.717) is 0 Å². The minimum Gasteiger partial charge on any atom is -0.743 e. The summed E-state index contributed by atoms with van der Waals surface area (Å²) in [6.07, 6.45) is -16.4. The highest BCUT2D eigenvalue weighted by molar-refractivity contribution is 7.86. The van der Waals surface area contributed by atoms with Gasteiger partial charge in [-0.1, -0.05) is 0 Å². The molecule has 1 atom stereocenters. The molecule has 176 valence electrons. The van der Waals surface area contributed by atoms with Gasteiger partial charge in [0.2, 0.25) is 0 Å². The zero-order valence-corrected chi connectivity index (χ0v) is 12.9. The molecule has 3 nitrogen and oxygen atoms in total. The molecule has 0 spiro atoms. The molecule has 0 radical (unpaired) electrons. The van der Waals surface area contributed by atoms with Crippen molar-refractivity contribution in [2.75, 3.05) is 0 Å². The fraction of sp³-hybridized carbons (Fsp3) is 1.00. The lowest BCUT2D eigenvalue weighted by atomic mass is 9.79. The maximum absolute atomic E-state index is 13.8. The zero-order chi connectivity index (χ0) is 24.5. The molecule has 0 rings (SSSR count). The van der Waals surface area contributed by atoms with Gasteiger partial charge in [-0.2, -0.15) is 70.2 Å². The highest BCUT2D eigenvalue weighted by Crippen LogP contribution is 2.67. The van der Waals surface area contributed by atoms with Crippen LogP contribution in [0.3, 0.4) is 0 Å². The first kappa shape index (κ1) is 27.7. The van der Waals surface area contributed by atoms with Crippen LogP contribution in [0, 0.1) is 0 Å². The van der Waals surface area contributed by atoms with Gasteiger partial charge in [0, 0.05) is 0 Å². The van der Waals surface area contributed by atoms with Crippen molar-refractivity contribution >= 4 is 10.1 Å². The molecule has 0 bridgehead atoms. The average molecular weight is 499 g/mol. The molecule has 0 aliphatic rings. The molecular formula is C8F17O3S-. The van der Waals surface area contributed by atoms with Gasteiger partial charge >= 0.3 is 47.0 Å². The third kappa shape index (κ3) is 3.26. The van der Waals surface area contributed by atoms with Crippen LogP contribution in [0.5, 0.6) is 0 Å². The SMILES string of the molecule is O=S(=O)([O-])C(F)(F)C(F)(F)C(F)(C(F)(F)C(F)(F)F)C(F)(F)C(F)(F)C(F)(F)F. The van der Waals surface area contributed by atoms with E-state index < -0.39 is 57.1 Å². The molecule has 0 N–H and O–H groups in total. The Morgan fingerprint density at radius 1 is 0.448 bits per heavy atom. The molecular weight excluding hydrogens is 499 g/mol. The van der Waals surface area contributed by atoms with Crippen molar-refractivity contribution < 1.29 is 87.6 Å². The molecule has 1 unspecified atom stereocenters. The van der Waals surface area contributed by atoms with Crippen molar-refractivity contribution in [3.63, 3.8) is 0 Å². The molecule has 0 saturated heterocycles. The normalized spacial score (nSPS) is 18.6. The van der Waals surface area contributed by atoms with E-state index in [1.807, 2.05) is 0 Å². The second kappa shape index (κ2) is 6.36. The molecule has 0 aromatic heterocycles. The molecule has 29 heavy (non-hydrogen) atoms. The van der Waals surface area contributed by atoms with Crippen LogP contribution in [-0.4, -0.2) is 59.9 Å². The number of alkyl halides is 17. The molecule has 0 fully saturated rings. The van der Waals surface area contributed by atoms with Gasteiger partial charge in [-0.25, -0.2) is 12.8 Å². The van der Waals surface area contributed by atoms with Gasteiger partial charge in [0.05, 0.1) is 0 Å². The maximum atomic E-state index is 13.8. The monoisotopic (exact) mass is 499 g/mol. The first-order chi connectivity index (χ1) is 12.0. The summed E-state index contributed by atoms with van der Waals surface area (Å²) in [5.41, 5.74) is -9.37. The van der Waals surface area contributed by atoms with E-state index in [0.717, 1.165) is 0 Å². The predicted molar refractivity (Wildman–Crippen MR) is 50.4 cm³/mol. The van der Waals surface area contributed by atoms with E-state index in [9.17, 15) is 87.6 Å². The molecule has 21 heteroatoms. The van der Waals surface area contributed by atoms with Gasteiger partial charge in [0.15, 0.2) is 10.1 Å². The van der Waals surface area contributed by atoms with Crippen LogP contribution in [0.4, 0.5) is 74.6 Å². The quantitative estimate of drug-likeness (QED) is 0.400. The third-order valence-electron chi connectivity index (χ3n) is 3.08. The highest BCUT2D eigenvalue weighted by atomic mass is 32.2. The zero-order valence-electron chi connectivity index (χ0n) is 12.1. The Hall–Kier alpha value is -1.28. The average Bonchev–Trinajstić information content (AvgIpc) is 2.41. The summed E-state index contributed by atoms with van der Waals surface area (Å²) in [4.78, 5) is 0. The Balaban J connectivity index is 7.67. The second-order valence-corrected chi connectivity index (χ2v) is 6.34. The maximum Gasteiger partial charge on any atom is 0.460 e. The molecule has 0 aromatic carbocycles. The largest absolute Gasteiger partial charge is 0.743 e. The highest BCUT2D eigenvalue weighted by Gasteiger charge is 2.99. The first-order valence-electron chi connectivity index (χ1n) is 5.67. The fourth-order valence-electron chi connectivity index (χ4n) is 1.54. The summed E-state index contributed by atoms with van der Waals surface area (Å²) < 4.78 is 246. The Labute approximate surface area is 146 Å². The van der Waals surface area contributed by atoms with Crippen molar-refractivity contribution in [2.45, 2.75) is 47.0 Å². The van der Waals surface area contributed by atoms with Gasteiger partial charge in [-0.15, -0.1) is 0 Å². The first-order valence-corrected chi connectivity index (χ1v) is 7.08. The Kier molecular flexibility index (Phi) is 6.08. The van der Waals surface area contributed by atoms with Crippen molar-refractivity contribution in [1.29, 1.82) is 0 Å². The summed E-state index contributed by atoms with van der Waals surface area (Å²) in [5, 5.41) is -8.31. The van der Waals surface area contributed by atoms with E-state index in [4.69, 9.17) is 0 Å². The minimum atomic E-state index is -9.37. The summed E-state index contributed by atoms with van der Waals surface area (Å²) in [6.45, 7) is 0. The fourth-order valence-corrected chi connectivity index (χ4v) is 1.99. The smallest absolute Gasteiger partial charge is 0.460 e. The Morgan fingerprint density at radius 2 is 0.724 bits per heavy atom. The van der Waals surface area contributed by atoms with Gasteiger partial charge in [0.25, 0.3) is 0 Å². The molecule has 0 aromatic rings. The van der Waals surface area contributed by atoms with Crippen molar-refractivity contribution in [3.8, 4) is 0 Å². The van der Waals surface area contributed by atoms with Crippen LogP contribution in [0.25, 0.3) is 0 Å². The summed E-state index contributed by atoms with van der Waals surface area (Å²) in [6, 6.07) is 0. The minimum absolute atomic E-state index is 8.13. The topological polar surface area (TPSA) is 57.2 Å². The Bertz CT molecular complexity index is 731. The van der Waals surface area contributed by atoms with E-state index >= 15 is 0 Å². The van der Waals surface area contributed by atoms with Crippen molar-refractivity contribution in [1.82, 2.24) is 0 Å². The van der Waals surface area contributed by atoms with Crippen molar-refractivity contribution in [3.05, 3.63) is 0 Å². The van der Waals surface area contributed by atoms with Crippen LogP contribution in [0.15, 0.2) is 0 Å². The lowest BCUT2D eigenvalue weighted by Gasteiger charge is -2.47. The van der Waals surface area contributed by atoms with Gasteiger partial charge in [-0.05, 0) is 0 Å². The number of halogens is 17. The van der Waals surface area contributed by atoms with Crippen LogP contribution >= 0.6 is 0 Å². The third-order valence-corrected chi connectivity index (χ3v) is 3.97. The molecule has 0 amide bonds. The molecule has 0 saturated carbocycles. The van der Waals surface area contributed by atoms with Crippen LogP contribution in [0.1, 0.15) is 0 Å². The summed E-state index contributed by atoms with van der Waals surface area (Å²) >= 11 is 0. The number of rotatable bonds is 6. The van der Waals surface area contributed by atoms with Crippen LogP contribution in [0.2, 0.25) is 0 Å². The number of hydrogen-bond donors (Lipinski definition) is 0. The van der Waals surface area contributed by atoms with Gasteiger partial charge < -0.3 is 4.55 Å². The van der Waals surface area contributed by atoms with Gasteiger partial charge in [0.1, 0.15) is 0 Å². The van der Waals surface area contributed by atoms with Crippen LogP contribution < -0.4 is 0 Å².